The van der Waals surface area contributed by atoms with Crippen LogP contribution in [0.3, 0.4) is 0 Å². The highest BCUT2D eigenvalue weighted by molar-refractivity contribution is 7.85. The molecule has 1 atom stereocenters. The molecule has 0 saturated heterocycles. The van der Waals surface area contributed by atoms with Gasteiger partial charge >= 0.3 is 0 Å². The molecule has 1 aliphatic rings. The van der Waals surface area contributed by atoms with Crippen LogP contribution in [0, 0.1) is 0 Å². The van der Waals surface area contributed by atoms with E-state index in [9.17, 15) is 13.8 Å². The maximum atomic E-state index is 12.5. The van der Waals surface area contributed by atoms with Crippen molar-refractivity contribution in [2.24, 2.45) is 15.9 Å². The van der Waals surface area contributed by atoms with E-state index in [-0.39, 0.29) is 23.7 Å². The molecule has 2 amide bonds. The molecule has 0 saturated carbocycles. The fourth-order valence-corrected chi connectivity index (χ4v) is 3.31. The second-order valence-electron chi connectivity index (χ2n) is 7.63. The molecule has 2 heterocycles. The van der Waals surface area contributed by atoms with Crippen LogP contribution in [0.15, 0.2) is 40.9 Å². The van der Waals surface area contributed by atoms with Gasteiger partial charge in [0, 0.05) is 11.8 Å². The van der Waals surface area contributed by atoms with Crippen LogP contribution in [0.1, 0.15) is 74.4 Å². The van der Waals surface area contributed by atoms with Crippen molar-refractivity contribution in [3.05, 3.63) is 53.3 Å². The first-order valence-corrected chi connectivity index (χ1v) is 12.1. The second-order valence-corrected chi connectivity index (χ2v) is 8.52. The standard InChI is InChI=1S/C18H20N6O4S.C3H8.C2H6/c1-18(2,22-17(26)10-6-7-21-12(8-10)16(20)25)9-28-13-5-3-4-11-14(13)15(19)24-29(27)23-11;1-3-2;1-2/h3-8,23H,9H2,1-2H3,(H2,19,24)(H2,20,25)(H,22,26);3H2,1-2H3;1-2H3. The molecule has 3 rings (SSSR count). The Labute approximate surface area is 203 Å². The highest BCUT2D eigenvalue weighted by atomic mass is 32.2. The SMILES string of the molecule is CC.CC(C)(COc1cccc2c1C(N)=NS(=O)N2)NC(=O)c1ccnc(C(N)=O)c1.CCC. The van der Waals surface area contributed by atoms with Crippen LogP contribution >= 0.6 is 0 Å². The quantitative estimate of drug-likeness (QED) is 0.486. The first-order chi connectivity index (χ1) is 16.1. The summed E-state index contributed by atoms with van der Waals surface area (Å²) in [7, 11) is 0. The second kappa shape index (κ2) is 13.3. The normalized spacial score (nSPS) is 13.9. The van der Waals surface area contributed by atoms with Gasteiger partial charge in [-0.1, -0.05) is 40.2 Å². The van der Waals surface area contributed by atoms with Crippen LogP contribution < -0.4 is 26.2 Å². The molecule has 10 nitrogen and oxygen atoms in total. The summed E-state index contributed by atoms with van der Waals surface area (Å²) in [6.07, 6.45) is 2.59. The topological polar surface area (TPSA) is 162 Å². The first-order valence-electron chi connectivity index (χ1n) is 10.9. The van der Waals surface area contributed by atoms with Crippen LogP contribution in [0.4, 0.5) is 5.69 Å². The van der Waals surface area contributed by atoms with Crippen LogP contribution in [0.2, 0.25) is 0 Å². The summed E-state index contributed by atoms with van der Waals surface area (Å²) in [6.45, 7) is 11.9. The summed E-state index contributed by atoms with van der Waals surface area (Å²) in [5.41, 5.74) is 11.6. The Bertz CT molecular complexity index is 1060. The third kappa shape index (κ3) is 8.14. The molecule has 34 heavy (non-hydrogen) atoms. The lowest BCUT2D eigenvalue weighted by atomic mass is 10.1. The highest BCUT2D eigenvalue weighted by Gasteiger charge is 2.25. The number of anilines is 1. The number of pyridine rings is 1. The minimum Gasteiger partial charge on any atom is -0.490 e. The summed E-state index contributed by atoms with van der Waals surface area (Å²) >= 11 is -1.63. The van der Waals surface area contributed by atoms with Crippen molar-refractivity contribution in [1.29, 1.82) is 0 Å². The summed E-state index contributed by atoms with van der Waals surface area (Å²) in [6, 6.07) is 7.95. The molecule has 1 aromatic carbocycles. The molecule has 0 bridgehead atoms. The molecule has 1 unspecified atom stereocenters. The summed E-state index contributed by atoms with van der Waals surface area (Å²) in [5, 5.41) is 2.84. The van der Waals surface area contributed by atoms with Crippen molar-refractivity contribution >= 4 is 34.5 Å². The summed E-state index contributed by atoms with van der Waals surface area (Å²) in [5.74, 6) is -0.581. The van der Waals surface area contributed by atoms with Gasteiger partial charge in [0.25, 0.3) is 11.8 Å². The summed E-state index contributed by atoms with van der Waals surface area (Å²) < 4.78 is 24.0. The number of carbonyl (C=O) groups is 2. The van der Waals surface area contributed by atoms with Crippen molar-refractivity contribution < 1.29 is 18.5 Å². The third-order valence-electron chi connectivity index (χ3n) is 3.98. The molecular formula is C23H34N6O4S. The smallest absolute Gasteiger partial charge is 0.267 e. The Morgan fingerprint density at radius 3 is 2.47 bits per heavy atom. The maximum Gasteiger partial charge on any atom is 0.267 e. The molecule has 6 N–H and O–H groups in total. The zero-order valence-corrected chi connectivity index (χ0v) is 21.3. The zero-order chi connectivity index (χ0) is 25.9. The number of rotatable bonds is 6. The number of aromatic nitrogens is 1. The molecule has 1 aromatic heterocycles. The molecule has 2 aromatic rings. The van der Waals surface area contributed by atoms with E-state index in [4.69, 9.17) is 16.2 Å². The first kappa shape index (κ1) is 28.6. The monoisotopic (exact) mass is 490 g/mol. The van der Waals surface area contributed by atoms with Crippen molar-refractivity contribution in [2.45, 2.75) is 53.5 Å². The van der Waals surface area contributed by atoms with E-state index in [0.29, 0.717) is 17.0 Å². The van der Waals surface area contributed by atoms with E-state index in [0.717, 1.165) is 0 Å². The minimum absolute atomic E-state index is 0.00210. The number of nitrogens with one attached hydrogen (secondary N) is 2. The van der Waals surface area contributed by atoms with Crippen molar-refractivity contribution in [2.75, 3.05) is 11.3 Å². The van der Waals surface area contributed by atoms with E-state index in [1.165, 1.54) is 24.8 Å². The van der Waals surface area contributed by atoms with Gasteiger partial charge in [-0.25, -0.2) is 4.21 Å². The number of hydrogen-bond donors (Lipinski definition) is 4. The number of ether oxygens (including phenoxy) is 1. The van der Waals surface area contributed by atoms with Crippen molar-refractivity contribution in [3.8, 4) is 5.75 Å². The molecule has 0 aliphatic carbocycles. The lowest BCUT2D eigenvalue weighted by Crippen LogP contribution is -2.48. The summed E-state index contributed by atoms with van der Waals surface area (Å²) in [4.78, 5) is 27.6. The van der Waals surface area contributed by atoms with Crippen molar-refractivity contribution in [3.63, 3.8) is 0 Å². The number of benzene rings is 1. The fraction of sp³-hybridized carbons (Fsp3) is 0.391. The number of hydrogen-bond acceptors (Lipinski definition) is 6. The van der Waals surface area contributed by atoms with Gasteiger partial charge in [0.1, 0.15) is 23.9 Å². The average molecular weight is 491 g/mol. The minimum atomic E-state index is -1.63. The number of amidine groups is 1. The van der Waals surface area contributed by atoms with E-state index in [1.54, 1.807) is 32.0 Å². The van der Waals surface area contributed by atoms with Crippen LogP contribution in [0.5, 0.6) is 5.75 Å². The number of primary amides is 1. The van der Waals surface area contributed by atoms with Crippen LogP contribution in [0.25, 0.3) is 0 Å². The van der Waals surface area contributed by atoms with Gasteiger partial charge in [-0.3, -0.25) is 19.3 Å². The Balaban J connectivity index is 0.00000107. The molecule has 186 valence electrons. The van der Waals surface area contributed by atoms with Gasteiger partial charge in [0.15, 0.2) is 0 Å². The lowest BCUT2D eigenvalue weighted by molar-refractivity contribution is 0.0880. The van der Waals surface area contributed by atoms with E-state index >= 15 is 0 Å². The van der Waals surface area contributed by atoms with E-state index < -0.39 is 28.5 Å². The van der Waals surface area contributed by atoms with Crippen LogP contribution in [-0.2, 0) is 11.2 Å². The van der Waals surface area contributed by atoms with Gasteiger partial charge in [-0.15, -0.1) is 0 Å². The van der Waals surface area contributed by atoms with Gasteiger partial charge in [-0.2, -0.15) is 4.40 Å². The van der Waals surface area contributed by atoms with Gasteiger partial charge < -0.3 is 21.5 Å². The van der Waals surface area contributed by atoms with Crippen molar-refractivity contribution in [1.82, 2.24) is 10.3 Å². The largest absolute Gasteiger partial charge is 0.490 e. The number of fused-ring (bicyclic) bond motifs is 1. The Morgan fingerprint density at radius 2 is 1.85 bits per heavy atom. The maximum absolute atomic E-state index is 12.5. The molecule has 1 aliphatic heterocycles. The molecule has 0 spiro atoms. The predicted molar refractivity (Wildman–Crippen MR) is 136 cm³/mol. The van der Waals surface area contributed by atoms with Gasteiger partial charge in [-0.05, 0) is 38.1 Å². The number of amides is 2. The molecular weight excluding hydrogens is 456 g/mol. The predicted octanol–water partition coefficient (Wildman–Crippen LogP) is 2.92. The molecule has 0 radical (unpaired) electrons. The van der Waals surface area contributed by atoms with E-state index in [2.05, 4.69) is 33.3 Å². The zero-order valence-electron chi connectivity index (χ0n) is 20.5. The van der Waals surface area contributed by atoms with Gasteiger partial charge in [0.05, 0.1) is 16.8 Å². The Kier molecular flexibility index (Phi) is 11.2. The molecule has 11 heteroatoms. The van der Waals surface area contributed by atoms with Gasteiger partial charge in [0.2, 0.25) is 11.2 Å². The number of carbonyl (C=O) groups excluding carboxylic acids is 2. The molecule has 0 fully saturated rings. The number of nitrogens with zero attached hydrogens (tertiary/aromatic N) is 2. The average Bonchev–Trinajstić information content (AvgIpc) is 2.79. The van der Waals surface area contributed by atoms with Crippen LogP contribution in [-0.4, -0.2) is 39.0 Å². The van der Waals surface area contributed by atoms with E-state index in [1.807, 2.05) is 13.8 Å². The third-order valence-corrected chi connectivity index (χ3v) is 4.73. The fourth-order valence-electron chi connectivity index (χ4n) is 2.63. The Hall–Kier alpha value is -3.47. The number of nitrogens with two attached hydrogens (primary N) is 2. The lowest BCUT2D eigenvalue weighted by Gasteiger charge is -2.27. The highest BCUT2D eigenvalue weighted by Crippen LogP contribution is 2.30. The Morgan fingerprint density at radius 1 is 1.21 bits per heavy atom.